The minimum absolute atomic E-state index is 0.0943. The molecule has 2 aromatic rings. The number of nitrogens with one attached hydrogen (secondary N) is 1. The molecular formula is C20H24N2O3. The number of rotatable bonds is 8. The molecule has 132 valence electrons. The Morgan fingerprint density at radius 1 is 1.04 bits per heavy atom. The summed E-state index contributed by atoms with van der Waals surface area (Å²) in [6.07, 6.45) is 3.01. The summed E-state index contributed by atoms with van der Waals surface area (Å²) in [5, 5.41) is 8.62. The molecule has 0 heterocycles. The molecule has 2 N–H and O–H groups in total. The van der Waals surface area contributed by atoms with E-state index in [9.17, 15) is 9.59 Å². The van der Waals surface area contributed by atoms with E-state index in [4.69, 9.17) is 5.21 Å². The predicted octanol–water partition coefficient (Wildman–Crippen LogP) is 3.57. The lowest BCUT2D eigenvalue weighted by atomic mass is 10.1. The van der Waals surface area contributed by atoms with E-state index in [1.807, 2.05) is 35.2 Å². The zero-order valence-electron chi connectivity index (χ0n) is 14.4. The Labute approximate surface area is 148 Å². The van der Waals surface area contributed by atoms with Crippen LogP contribution in [0.15, 0.2) is 54.6 Å². The van der Waals surface area contributed by atoms with Gasteiger partial charge in [0, 0.05) is 24.2 Å². The first kappa shape index (κ1) is 18.7. The fraction of sp³-hybridized carbons (Fsp3) is 0.300. The van der Waals surface area contributed by atoms with Crippen molar-refractivity contribution in [1.29, 1.82) is 0 Å². The number of hydrogen-bond acceptors (Lipinski definition) is 3. The molecule has 0 fully saturated rings. The van der Waals surface area contributed by atoms with Gasteiger partial charge in [-0.1, -0.05) is 43.7 Å². The lowest BCUT2D eigenvalue weighted by Gasteiger charge is -2.23. The van der Waals surface area contributed by atoms with Gasteiger partial charge in [0.2, 0.25) is 5.91 Å². The summed E-state index contributed by atoms with van der Waals surface area (Å²) in [6, 6.07) is 16.6. The van der Waals surface area contributed by atoms with E-state index in [2.05, 4.69) is 6.92 Å². The van der Waals surface area contributed by atoms with E-state index in [0.29, 0.717) is 18.4 Å². The molecule has 2 aromatic carbocycles. The SMILES string of the molecule is CCCCN(C(=O)CCc1ccc(C(=O)NO)cc1)c1ccccc1. The molecule has 0 saturated carbocycles. The predicted molar refractivity (Wildman–Crippen MR) is 97.7 cm³/mol. The van der Waals surface area contributed by atoms with Crippen LogP contribution in [0.3, 0.4) is 0 Å². The third-order valence-electron chi connectivity index (χ3n) is 4.05. The molecule has 0 aliphatic rings. The van der Waals surface area contributed by atoms with Crippen LogP contribution in [0.4, 0.5) is 5.69 Å². The van der Waals surface area contributed by atoms with Crippen molar-refractivity contribution in [1.82, 2.24) is 5.48 Å². The molecule has 0 radical (unpaired) electrons. The number of carbonyl (C=O) groups is 2. The summed E-state index contributed by atoms with van der Waals surface area (Å²) >= 11 is 0. The first-order valence-electron chi connectivity index (χ1n) is 8.54. The molecule has 5 nitrogen and oxygen atoms in total. The van der Waals surface area contributed by atoms with Crippen molar-refractivity contribution in [2.75, 3.05) is 11.4 Å². The summed E-state index contributed by atoms with van der Waals surface area (Å²) in [6.45, 7) is 2.83. The number of carbonyl (C=O) groups excluding carboxylic acids is 2. The van der Waals surface area contributed by atoms with E-state index in [1.165, 1.54) is 0 Å². The number of unbranched alkanes of at least 4 members (excludes halogenated alkanes) is 1. The third kappa shape index (κ3) is 5.43. The van der Waals surface area contributed by atoms with Crippen LogP contribution in [-0.2, 0) is 11.2 Å². The van der Waals surface area contributed by atoms with Gasteiger partial charge in [0.05, 0.1) is 0 Å². The standard InChI is InChI=1S/C20H24N2O3/c1-2-3-15-22(18-7-5-4-6-8-18)19(23)14-11-16-9-12-17(13-10-16)20(24)21-25/h4-10,12-13,25H,2-3,11,14-15H2,1H3,(H,21,24). The highest BCUT2D eigenvalue weighted by molar-refractivity contribution is 5.94. The second kappa shape index (κ2) is 9.59. The molecule has 0 saturated heterocycles. The number of hydroxylamine groups is 1. The van der Waals surface area contributed by atoms with Crippen LogP contribution in [0.5, 0.6) is 0 Å². The van der Waals surface area contributed by atoms with Crippen LogP contribution < -0.4 is 10.4 Å². The van der Waals surface area contributed by atoms with Crippen LogP contribution in [0, 0.1) is 0 Å². The Morgan fingerprint density at radius 2 is 1.72 bits per heavy atom. The number of amides is 2. The van der Waals surface area contributed by atoms with Gasteiger partial charge in [-0.2, -0.15) is 0 Å². The molecule has 0 bridgehead atoms. The molecule has 0 aromatic heterocycles. The summed E-state index contributed by atoms with van der Waals surface area (Å²) in [5.74, 6) is -0.450. The highest BCUT2D eigenvalue weighted by Crippen LogP contribution is 2.17. The molecule has 0 aliphatic heterocycles. The largest absolute Gasteiger partial charge is 0.312 e. The van der Waals surface area contributed by atoms with Gasteiger partial charge in [-0.05, 0) is 42.7 Å². The van der Waals surface area contributed by atoms with Gasteiger partial charge < -0.3 is 4.90 Å². The van der Waals surface area contributed by atoms with Gasteiger partial charge >= 0.3 is 0 Å². The third-order valence-corrected chi connectivity index (χ3v) is 4.05. The van der Waals surface area contributed by atoms with Gasteiger partial charge in [-0.3, -0.25) is 14.8 Å². The highest BCUT2D eigenvalue weighted by atomic mass is 16.5. The van der Waals surface area contributed by atoms with Crippen molar-refractivity contribution in [3.05, 3.63) is 65.7 Å². The van der Waals surface area contributed by atoms with Gasteiger partial charge in [-0.15, -0.1) is 0 Å². The molecule has 2 amide bonds. The normalized spacial score (nSPS) is 10.3. The average Bonchev–Trinajstić information content (AvgIpc) is 2.67. The van der Waals surface area contributed by atoms with E-state index >= 15 is 0 Å². The number of nitrogens with zero attached hydrogens (tertiary/aromatic N) is 1. The quantitative estimate of drug-likeness (QED) is 0.570. The van der Waals surface area contributed by atoms with Crippen molar-refractivity contribution < 1.29 is 14.8 Å². The molecule has 5 heteroatoms. The minimum atomic E-state index is -0.544. The van der Waals surface area contributed by atoms with E-state index in [1.54, 1.807) is 29.7 Å². The number of hydrogen-bond donors (Lipinski definition) is 2. The van der Waals surface area contributed by atoms with Crippen molar-refractivity contribution in [3.8, 4) is 0 Å². The van der Waals surface area contributed by atoms with Gasteiger partial charge in [-0.25, -0.2) is 5.48 Å². The maximum absolute atomic E-state index is 12.7. The van der Waals surface area contributed by atoms with Gasteiger partial charge in [0.1, 0.15) is 0 Å². The summed E-state index contributed by atoms with van der Waals surface area (Å²) < 4.78 is 0. The van der Waals surface area contributed by atoms with Crippen molar-refractivity contribution in [2.45, 2.75) is 32.6 Å². The minimum Gasteiger partial charge on any atom is -0.312 e. The summed E-state index contributed by atoms with van der Waals surface area (Å²) in [7, 11) is 0. The molecule has 0 atom stereocenters. The van der Waals surface area contributed by atoms with Gasteiger partial charge in [0.15, 0.2) is 0 Å². The monoisotopic (exact) mass is 340 g/mol. The smallest absolute Gasteiger partial charge is 0.274 e. The number of para-hydroxylation sites is 1. The topological polar surface area (TPSA) is 69.6 Å². The molecule has 25 heavy (non-hydrogen) atoms. The fourth-order valence-corrected chi connectivity index (χ4v) is 2.60. The molecule has 0 aliphatic carbocycles. The van der Waals surface area contributed by atoms with Crippen molar-refractivity contribution in [2.24, 2.45) is 0 Å². The van der Waals surface area contributed by atoms with Crippen molar-refractivity contribution >= 4 is 17.5 Å². The maximum Gasteiger partial charge on any atom is 0.274 e. The second-order valence-corrected chi connectivity index (χ2v) is 5.87. The maximum atomic E-state index is 12.7. The summed E-state index contributed by atoms with van der Waals surface area (Å²) in [4.78, 5) is 25.8. The Hall–Kier alpha value is -2.66. The number of anilines is 1. The molecular weight excluding hydrogens is 316 g/mol. The number of aryl methyl sites for hydroxylation is 1. The first-order chi connectivity index (χ1) is 12.2. The Kier molecular flexibility index (Phi) is 7.16. The van der Waals surface area contributed by atoms with E-state index in [0.717, 1.165) is 30.6 Å². The second-order valence-electron chi connectivity index (χ2n) is 5.87. The Balaban J connectivity index is 1.99. The lowest BCUT2D eigenvalue weighted by molar-refractivity contribution is -0.118. The zero-order chi connectivity index (χ0) is 18.1. The van der Waals surface area contributed by atoms with Crippen LogP contribution >= 0.6 is 0 Å². The Morgan fingerprint density at radius 3 is 2.32 bits per heavy atom. The zero-order valence-corrected chi connectivity index (χ0v) is 14.4. The molecule has 2 rings (SSSR count). The Bertz CT molecular complexity index is 684. The average molecular weight is 340 g/mol. The van der Waals surface area contributed by atoms with Crippen LogP contribution in [0.25, 0.3) is 0 Å². The fourth-order valence-electron chi connectivity index (χ4n) is 2.60. The number of benzene rings is 2. The van der Waals surface area contributed by atoms with Crippen LogP contribution in [0.2, 0.25) is 0 Å². The summed E-state index contributed by atoms with van der Waals surface area (Å²) in [5.41, 5.74) is 3.89. The van der Waals surface area contributed by atoms with E-state index < -0.39 is 5.91 Å². The molecule has 0 spiro atoms. The lowest BCUT2D eigenvalue weighted by Crippen LogP contribution is -2.32. The first-order valence-corrected chi connectivity index (χ1v) is 8.54. The van der Waals surface area contributed by atoms with Crippen LogP contribution in [0.1, 0.15) is 42.1 Å². The van der Waals surface area contributed by atoms with E-state index in [-0.39, 0.29) is 5.91 Å². The van der Waals surface area contributed by atoms with Gasteiger partial charge in [0.25, 0.3) is 5.91 Å². The highest BCUT2D eigenvalue weighted by Gasteiger charge is 2.15. The van der Waals surface area contributed by atoms with Crippen LogP contribution in [-0.4, -0.2) is 23.6 Å². The van der Waals surface area contributed by atoms with Crippen molar-refractivity contribution in [3.63, 3.8) is 0 Å². The molecule has 0 unspecified atom stereocenters.